The lowest BCUT2D eigenvalue weighted by atomic mass is 9.52. The summed E-state index contributed by atoms with van der Waals surface area (Å²) >= 11 is 0. The van der Waals surface area contributed by atoms with Crippen molar-refractivity contribution < 1.29 is 0 Å². The van der Waals surface area contributed by atoms with E-state index in [4.69, 9.17) is 5.73 Å². The van der Waals surface area contributed by atoms with E-state index >= 15 is 0 Å². The number of aromatic nitrogens is 2. The van der Waals surface area contributed by atoms with Crippen LogP contribution in [0, 0.1) is 22.7 Å². The predicted octanol–water partition coefficient (Wildman–Crippen LogP) is 5.80. The maximum atomic E-state index is 6.16. The Bertz CT molecular complexity index is 886. The van der Waals surface area contributed by atoms with Crippen molar-refractivity contribution in [3.05, 3.63) is 29.6 Å². The number of allylic oxidation sites excluding steroid dienone is 3. The van der Waals surface area contributed by atoms with Crippen molar-refractivity contribution in [2.24, 2.45) is 22.7 Å². The molecule has 0 aromatic carbocycles. The summed E-state index contributed by atoms with van der Waals surface area (Å²) in [6.07, 6.45) is 14.3. The van der Waals surface area contributed by atoms with Gasteiger partial charge in [0.25, 0.3) is 0 Å². The van der Waals surface area contributed by atoms with Crippen molar-refractivity contribution in [2.75, 3.05) is 35.8 Å². The molecule has 3 atom stereocenters. The smallest absolute Gasteiger partial charge is 0.159 e. The van der Waals surface area contributed by atoms with Crippen LogP contribution in [0.5, 0.6) is 0 Å². The maximum absolute atomic E-state index is 6.16. The van der Waals surface area contributed by atoms with E-state index in [-0.39, 0.29) is 0 Å². The highest BCUT2D eigenvalue weighted by Crippen LogP contribution is 2.58. The minimum Gasteiger partial charge on any atom is -0.382 e. The fourth-order valence-corrected chi connectivity index (χ4v) is 6.26. The number of fused-ring (bicyclic) bond motifs is 2. The zero-order valence-electron chi connectivity index (χ0n) is 20.4. The van der Waals surface area contributed by atoms with Crippen molar-refractivity contribution >= 4 is 17.3 Å². The van der Waals surface area contributed by atoms with Gasteiger partial charge in [0.2, 0.25) is 0 Å². The molecule has 0 spiro atoms. The molecule has 1 aliphatic heterocycles. The van der Waals surface area contributed by atoms with Crippen molar-refractivity contribution in [3.8, 4) is 0 Å². The van der Waals surface area contributed by atoms with E-state index in [0.29, 0.717) is 16.6 Å². The number of hydrogen-bond acceptors (Lipinski definition) is 5. The normalized spacial score (nSPS) is 30.1. The van der Waals surface area contributed by atoms with E-state index in [0.717, 1.165) is 43.0 Å². The second kappa shape index (κ2) is 8.14. The topological polar surface area (TPSA) is 58.3 Å². The summed E-state index contributed by atoms with van der Waals surface area (Å²) in [7, 11) is 2.06. The standard InChI is InChI=1S/C26H41N5/c1-18(12-15-31-17-30(6)24-22(31)23(27)28-16-29-24)11-14-26(5)19(2)9-10-20-21(26)8-7-13-25(20,3)4/h8,12,16,19-20H,7,9-11,13-15,17H2,1-6H3,(H2,27,28,29)/b18-12+/t19-,20+,26+/m0/s1. The van der Waals surface area contributed by atoms with Gasteiger partial charge in [-0.3, -0.25) is 0 Å². The first kappa shape index (κ1) is 22.2. The van der Waals surface area contributed by atoms with E-state index < -0.39 is 0 Å². The van der Waals surface area contributed by atoms with Gasteiger partial charge in [-0.15, -0.1) is 0 Å². The summed E-state index contributed by atoms with van der Waals surface area (Å²) in [4.78, 5) is 13.0. The Hall–Kier alpha value is -2.04. The van der Waals surface area contributed by atoms with Crippen molar-refractivity contribution in [1.29, 1.82) is 0 Å². The minimum atomic E-state index is 0.328. The molecule has 31 heavy (non-hydrogen) atoms. The van der Waals surface area contributed by atoms with Crippen LogP contribution < -0.4 is 15.5 Å². The molecule has 1 aromatic rings. The number of nitrogens with zero attached hydrogens (tertiary/aromatic N) is 4. The average Bonchev–Trinajstić information content (AvgIpc) is 3.05. The Morgan fingerprint density at radius 3 is 2.81 bits per heavy atom. The zero-order chi connectivity index (χ0) is 22.4. The highest BCUT2D eigenvalue weighted by Gasteiger charge is 2.47. The summed E-state index contributed by atoms with van der Waals surface area (Å²) in [5, 5.41) is 0. The molecule has 1 saturated carbocycles. The highest BCUT2D eigenvalue weighted by atomic mass is 15.4. The summed E-state index contributed by atoms with van der Waals surface area (Å²) in [6, 6.07) is 0. The average molecular weight is 424 g/mol. The third-order valence-corrected chi connectivity index (χ3v) is 8.70. The van der Waals surface area contributed by atoms with E-state index in [1.807, 2.05) is 0 Å². The van der Waals surface area contributed by atoms with Crippen LogP contribution in [0.1, 0.15) is 73.1 Å². The lowest BCUT2D eigenvalue weighted by molar-refractivity contribution is 0.0812. The van der Waals surface area contributed by atoms with Crippen LogP contribution in [-0.2, 0) is 0 Å². The Labute approximate surface area is 188 Å². The maximum Gasteiger partial charge on any atom is 0.159 e. The van der Waals surface area contributed by atoms with E-state index in [9.17, 15) is 0 Å². The van der Waals surface area contributed by atoms with Gasteiger partial charge in [0.15, 0.2) is 11.6 Å². The van der Waals surface area contributed by atoms with Crippen molar-refractivity contribution in [2.45, 2.75) is 73.1 Å². The van der Waals surface area contributed by atoms with Crippen LogP contribution in [0.2, 0.25) is 0 Å². The third kappa shape index (κ3) is 3.96. The molecular weight excluding hydrogens is 382 g/mol. The zero-order valence-corrected chi connectivity index (χ0v) is 20.4. The molecule has 170 valence electrons. The van der Waals surface area contributed by atoms with Gasteiger partial charge >= 0.3 is 0 Å². The lowest BCUT2D eigenvalue weighted by Crippen LogP contribution is -2.43. The van der Waals surface area contributed by atoms with Gasteiger partial charge in [0.1, 0.15) is 12.0 Å². The molecule has 1 fully saturated rings. The molecule has 2 aliphatic carbocycles. The monoisotopic (exact) mass is 423 g/mol. The Kier molecular flexibility index (Phi) is 5.82. The second-order valence-corrected chi connectivity index (χ2v) is 11.2. The number of nitrogens with two attached hydrogens (primary N) is 1. The first-order valence-electron chi connectivity index (χ1n) is 12.1. The van der Waals surface area contributed by atoms with Crippen molar-refractivity contribution in [3.63, 3.8) is 0 Å². The van der Waals surface area contributed by atoms with Crippen LogP contribution in [-0.4, -0.2) is 30.2 Å². The predicted molar refractivity (Wildman–Crippen MR) is 131 cm³/mol. The van der Waals surface area contributed by atoms with E-state index in [2.05, 4.69) is 73.6 Å². The van der Waals surface area contributed by atoms with Crippen molar-refractivity contribution in [1.82, 2.24) is 9.97 Å². The summed E-state index contributed by atoms with van der Waals surface area (Å²) in [5.74, 6) is 3.03. The molecule has 5 heteroatoms. The molecule has 5 nitrogen and oxygen atoms in total. The highest BCUT2D eigenvalue weighted by molar-refractivity contribution is 5.81. The van der Waals surface area contributed by atoms with Gasteiger partial charge in [-0.25, -0.2) is 9.97 Å². The van der Waals surface area contributed by atoms with Crippen LogP contribution in [0.15, 0.2) is 29.6 Å². The number of anilines is 3. The third-order valence-electron chi connectivity index (χ3n) is 8.70. The van der Waals surface area contributed by atoms with Crippen LogP contribution in [0.25, 0.3) is 0 Å². The molecule has 0 unspecified atom stereocenters. The second-order valence-electron chi connectivity index (χ2n) is 11.2. The lowest BCUT2D eigenvalue weighted by Gasteiger charge is -2.53. The minimum absolute atomic E-state index is 0.328. The molecule has 0 amide bonds. The quantitative estimate of drug-likeness (QED) is 0.607. The molecule has 1 aromatic heterocycles. The molecule has 0 radical (unpaired) electrons. The number of hydrogen-bond donors (Lipinski definition) is 1. The molecule has 4 rings (SSSR count). The molecule has 0 saturated heterocycles. The molecule has 2 N–H and O–H groups in total. The fourth-order valence-electron chi connectivity index (χ4n) is 6.26. The molecule has 2 heterocycles. The molecular formula is C26H41N5. The number of rotatable bonds is 5. The number of nitrogen functional groups attached to an aromatic ring is 1. The first-order chi connectivity index (χ1) is 14.6. The first-order valence-corrected chi connectivity index (χ1v) is 12.1. The molecule has 3 aliphatic rings. The fraction of sp³-hybridized carbons (Fsp3) is 0.692. The summed E-state index contributed by atoms with van der Waals surface area (Å²) in [6.45, 7) is 14.0. The summed E-state index contributed by atoms with van der Waals surface area (Å²) in [5.41, 5.74) is 11.2. The van der Waals surface area contributed by atoms with Gasteiger partial charge in [-0.2, -0.15) is 0 Å². The summed E-state index contributed by atoms with van der Waals surface area (Å²) < 4.78 is 0. The van der Waals surface area contributed by atoms with Gasteiger partial charge in [-0.1, -0.05) is 51.0 Å². The Morgan fingerprint density at radius 2 is 2.03 bits per heavy atom. The largest absolute Gasteiger partial charge is 0.382 e. The van der Waals surface area contributed by atoms with Crippen LogP contribution >= 0.6 is 0 Å². The van der Waals surface area contributed by atoms with Gasteiger partial charge in [0.05, 0.1) is 6.67 Å². The van der Waals surface area contributed by atoms with Crippen LogP contribution in [0.4, 0.5) is 17.3 Å². The molecule has 0 bridgehead atoms. The van der Waals surface area contributed by atoms with E-state index in [1.54, 1.807) is 11.9 Å². The van der Waals surface area contributed by atoms with Gasteiger partial charge in [0, 0.05) is 13.6 Å². The van der Waals surface area contributed by atoms with Crippen LogP contribution in [0.3, 0.4) is 0 Å². The van der Waals surface area contributed by atoms with E-state index in [1.165, 1.54) is 37.7 Å². The SMILES string of the molecule is C/C(=C\CN1CN(C)c2ncnc(N)c21)CC[C@@]1(C)C2=CCCC(C)(C)[C@@H]2CC[C@@H]1C. The van der Waals surface area contributed by atoms with Gasteiger partial charge in [-0.05, 0) is 68.1 Å². The Balaban J connectivity index is 1.44. The Morgan fingerprint density at radius 1 is 1.26 bits per heavy atom. The van der Waals surface area contributed by atoms with Gasteiger partial charge < -0.3 is 15.5 Å².